The third-order valence-electron chi connectivity index (χ3n) is 6.87. The van der Waals surface area contributed by atoms with Crippen LogP contribution < -0.4 is 4.74 Å². The van der Waals surface area contributed by atoms with Crippen LogP contribution in [0.25, 0.3) is 0 Å². The normalized spacial score (nSPS) is 24.4. The topological polar surface area (TPSA) is 9.23 Å². The first kappa shape index (κ1) is 18.3. The van der Waals surface area contributed by atoms with E-state index in [1.54, 1.807) is 5.56 Å². The van der Waals surface area contributed by atoms with Crippen molar-refractivity contribution < 1.29 is 4.74 Å². The first-order chi connectivity index (χ1) is 13.0. The van der Waals surface area contributed by atoms with Crippen molar-refractivity contribution in [2.24, 2.45) is 5.92 Å². The minimum absolute atomic E-state index is 0.225. The second-order valence-corrected chi connectivity index (χ2v) is 9.00. The average molecular weight is 361 g/mol. The summed E-state index contributed by atoms with van der Waals surface area (Å²) in [6, 6.07) is 15.3. The first-order valence-electron chi connectivity index (χ1n) is 10.5. The van der Waals surface area contributed by atoms with Gasteiger partial charge < -0.3 is 4.74 Å². The number of hydrogen-bond donors (Lipinski definition) is 0. The molecule has 2 aliphatic rings. The molecule has 0 aliphatic heterocycles. The fraction of sp³-hybridized carbons (Fsp3) is 0.462. The minimum atomic E-state index is 0.225. The molecule has 1 nitrogen and oxygen atoms in total. The van der Waals surface area contributed by atoms with E-state index in [0.29, 0.717) is 18.4 Å². The monoisotopic (exact) mass is 360 g/mol. The van der Waals surface area contributed by atoms with Crippen molar-refractivity contribution in [1.82, 2.24) is 0 Å². The summed E-state index contributed by atoms with van der Waals surface area (Å²) in [6.45, 7) is 12.1. The Morgan fingerprint density at radius 2 is 1.93 bits per heavy atom. The van der Waals surface area contributed by atoms with Crippen molar-refractivity contribution in [3.8, 4) is 5.75 Å². The second-order valence-electron chi connectivity index (χ2n) is 9.00. The maximum absolute atomic E-state index is 6.38. The first-order valence-corrected chi connectivity index (χ1v) is 10.5. The van der Waals surface area contributed by atoms with Crippen molar-refractivity contribution >= 4 is 0 Å². The van der Waals surface area contributed by atoms with Crippen LogP contribution in [0.1, 0.15) is 74.6 Å². The van der Waals surface area contributed by atoms with Crippen LogP contribution in [-0.4, -0.2) is 0 Å². The van der Waals surface area contributed by atoms with Crippen LogP contribution in [0, 0.1) is 5.92 Å². The molecule has 0 amide bonds. The lowest BCUT2D eigenvalue weighted by atomic mass is 9.57. The smallest absolute Gasteiger partial charge is 0.123 e. The maximum atomic E-state index is 6.38. The summed E-state index contributed by atoms with van der Waals surface area (Å²) in [5.41, 5.74) is 7.32. The van der Waals surface area contributed by atoms with Gasteiger partial charge in [-0.15, -0.1) is 0 Å². The molecule has 0 saturated heterocycles. The Kier molecular flexibility index (Phi) is 4.88. The SMILES string of the molecule is C=C1CCC[C@]2(C)c3cc(OCc4ccccc4)c(C(C)C)cc3CCC12. The zero-order valence-electron chi connectivity index (χ0n) is 17.1. The largest absolute Gasteiger partial charge is 0.489 e. The third kappa shape index (κ3) is 3.33. The summed E-state index contributed by atoms with van der Waals surface area (Å²) in [7, 11) is 0. The number of hydrogen-bond acceptors (Lipinski definition) is 1. The van der Waals surface area contributed by atoms with Gasteiger partial charge in [0.25, 0.3) is 0 Å². The molecule has 0 aromatic heterocycles. The van der Waals surface area contributed by atoms with Crippen molar-refractivity contribution in [3.05, 3.63) is 76.9 Å². The lowest BCUT2D eigenvalue weighted by Gasteiger charge is -2.48. The van der Waals surface area contributed by atoms with Crippen molar-refractivity contribution in [3.63, 3.8) is 0 Å². The number of aryl methyl sites for hydroxylation is 1. The van der Waals surface area contributed by atoms with E-state index < -0.39 is 0 Å². The molecule has 0 N–H and O–H groups in total. The highest BCUT2D eigenvalue weighted by Crippen LogP contribution is 2.53. The van der Waals surface area contributed by atoms with E-state index >= 15 is 0 Å². The van der Waals surface area contributed by atoms with Crippen LogP contribution in [-0.2, 0) is 18.4 Å². The minimum Gasteiger partial charge on any atom is -0.489 e. The van der Waals surface area contributed by atoms with Crippen LogP contribution in [0.4, 0.5) is 0 Å². The van der Waals surface area contributed by atoms with Gasteiger partial charge in [-0.2, -0.15) is 0 Å². The fourth-order valence-electron chi connectivity index (χ4n) is 5.32. The second kappa shape index (κ2) is 7.19. The Bertz CT molecular complexity index is 833. The summed E-state index contributed by atoms with van der Waals surface area (Å²) >= 11 is 0. The predicted octanol–water partition coefficient (Wildman–Crippen LogP) is 6.95. The van der Waals surface area contributed by atoms with Gasteiger partial charge in [0.2, 0.25) is 0 Å². The number of rotatable bonds is 4. The van der Waals surface area contributed by atoms with Gasteiger partial charge in [0.05, 0.1) is 0 Å². The highest BCUT2D eigenvalue weighted by molar-refractivity contribution is 5.50. The molecule has 1 heteroatoms. The molecule has 2 atom stereocenters. The standard InChI is InChI=1S/C26H32O/c1-18(2)22-15-21-12-13-23-19(3)9-8-14-26(23,4)24(21)16-25(22)27-17-20-10-6-5-7-11-20/h5-7,10-11,15-16,18,23H,3,8-9,12-14,17H2,1-2,4H3/t23?,26-/m0/s1. The number of ether oxygens (including phenoxy) is 1. The van der Waals surface area contributed by atoms with E-state index in [-0.39, 0.29) is 5.41 Å². The Labute approximate surface area is 164 Å². The summed E-state index contributed by atoms with van der Waals surface area (Å²) in [4.78, 5) is 0. The summed E-state index contributed by atoms with van der Waals surface area (Å²) in [5.74, 6) is 2.17. The zero-order valence-corrected chi connectivity index (χ0v) is 17.1. The molecule has 1 saturated carbocycles. The molecule has 2 aliphatic carbocycles. The Morgan fingerprint density at radius 3 is 2.67 bits per heavy atom. The van der Waals surface area contributed by atoms with E-state index in [0.717, 1.165) is 5.75 Å². The molecule has 4 rings (SSSR count). The lowest BCUT2D eigenvalue weighted by molar-refractivity contribution is 0.232. The Morgan fingerprint density at radius 1 is 1.15 bits per heavy atom. The molecule has 0 radical (unpaired) electrons. The number of allylic oxidation sites excluding steroid dienone is 1. The summed E-state index contributed by atoms with van der Waals surface area (Å²) in [5, 5.41) is 0. The van der Waals surface area contributed by atoms with Gasteiger partial charge in [-0.3, -0.25) is 0 Å². The van der Waals surface area contributed by atoms with Crippen molar-refractivity contribution in [2.75, 3.05) is 0 Å². The van der Waals surface area contributed by atoms with Gasteiger partial charge >= 0.3 is 0 Å². The average Bonchev–Trinajstić information content (AvgIpc) is 2.66. The molecular weight excluding hydrogens is 328 g/mol. The molecule has 0 bridgehead atoms. The van der Waals surface area contributed by atoms with Crippen LogP contribution >= 0.6 is 0 Å². The Balaban J connectivity index is 1.72. The summed E-state index contributed by atoms with van der Waals surface area (Å²) in [6.07, 6.45) is 6.16. The molecule has 0 heterocycles. The van der Waals surface area contributed by atoms with E-state index in [9.17, 15) is 0 Å². The zero-order chi connectivity index (χ0) is 19.0. The summed E-state index contributed by atoms with van der Waals surface area (Å²) < 4.78 is 6.38. The third-order valence-corrected chi connectivity index (χ3v) is 6.87. The molecule has 1 fully saturated rings. The molecule has 2 aromatic carbocycles. The van der Waals surface area contributed by atoms with Crippen LogP contribution in [0.3, 0.4) is 0 Å². The van der Waals surface area contributed by atoms with E-state index in [1.165, 1.54) is 54.4 Å². The number of fused-ring (bicyclic) bond motifs is 3. The van der Waals surface area contributed by atoms with Crippen molar-refractivity contribution in [1.29, 1.82) is 0 Å². The van der Waals surface area contributed by atoms with Gasteiger partial charge in [0.15, 0.2) is 0 Å². The maximum Gasteiger partial charge on any atom is 0.123 e. The molecule has 27 heavy (non-hydrogen) atoms. The van der Waals surface area contributed by atoms with E-state index in [1.807, 2.05) is 0 Å². The molecule has 2 aromatic rings. The lowest BCUT2D eigenvalue weighted by Crippen LogP contribution is -2.40. The number of benzene rings is 2. The highest BCUT2D eigenvalue weighted by atomic mass is 16.5. The van der Waals surface area contributed by atoms with Gasteiger partial charge in [-0.05, 0) is 77.7 Å². The van der Waals surface area contributed by atoms with Gasteiger partial charge in [0, 0.05) is 0 Å². The molecular formula is C26H32O. The van der Waals surface area contributed by atoms with Gasteiger partial charge in [-0.25, -0.2) is 0 Å². The molecule has 0 spiro atoms. The molecule has 1 unspecified atom stereocenters. The Hall–Kier alpha value is -2.02. The van der Waals surface area contributed by atoms with Crippen LogP contribution in [0.15, 0.2) is 54.6 Å². The van der Waals surface area contributed by atoms with E-state index in [4.69, 9.17) is 4.74 Å². The van der Waals surface area contributed by atoms with Gasteiger partial charge in [0.1, 0.15) is 12.4 Å². The van der Waals surface area contributed by atoms with Crippen molar-refractivity contribution in [2.45, 2.75) is 70.8 Å². The van der Waals surface area contributed by atoms with E-state index in [2.05, 4.69) is 69.8 Å². The highest BCUT2D eigenvalue weighted by Gasteiger charge is 2.43. The quantitative estimate of drug-likeness (QED) is 0.536. The van der Waals surface area contributed by atoms with Gasteiger partial charge in [-0.1, -0.05) is 69.3 Å². The van der Waals surface area contributed by atoms with Crippen LogP contribution in [0.2, 0.25) is 0 Å². The van der Waals surface area contributed by atoms with Crippen LogP contribution in [0.5, 0.6) is 5.75 Å². The fourth-order valence-corrected chi connectivity index (χ4v) is 5.32. The molecule has 142 valence electrons. The predicted molar refractivity (Wildman–Crippen MR) is 113 cm³/mol.